The van der Waals surface area contributed by atoms with Crippen LogP contribution in [0.15, 0.2) is 0 Å². The van der Waals surface area contributed by atoms with Crippen LogP contribution in [-0.2, 0) is 14.3 Å². The lowest BCUT2D eigenvalue weighted by Gasteiger charge is -2.32. The van der Waals surface area contributed by atoms with Crippen LogP contribution in [0.5, 0.6) is 0 Å². The second kappa shape index (κ2) is 5.73. The van der Waals surface area contributed by atoms with Gasteiger partial charge in [0.2, 0.25) is 5.91 Å². The van der Waals surface area contributed by atoms with Gasteiger partial charge in [0.05, 0.1) is 5.92 Å². The van der Waals surface area contributed by atoms with Crippen LogP contribution >= 0.6 is 11.8 Å². The Balaban J connectivity index is 1.51. The highest BCUT2D eigenvalue weighted by Gasteiger charge is 2.37. The largest absolute Gasteiger partial charge is 0.461 e. The molecule has 0 bridgehead atoms. The number of hydrogen-bond acceptors (Lipinski definition) is 4. The summed E-state index contributed by atoms with van der Waals surface area (Å²) < 4.78 is 5.56. The van der Waals surface area contributed by atoms with Crippen LogP contribution in [0.4, 0.5) is 0 Å². The van der Waals surface area contributed by atoms with Crippen LogP contribution in [0.1, 0.15) is 32.1 Å². The Kier molecular flexibility index (Phi) is 4.01. The molecule has 1 saturated carbocycles. The molecule has 2 heterocycles. The smallest absolute Gasteiger partial charge is 0.311 e. The molecule has 3 fully saturated rings. The summed E-state index contributed by atoms with van der Waals surface area (Å²) in [6.45, 7) is 1.40. The molecule has 0 aromatic heterocycles. The average molecular weight is 283 g/mol. The lowest BCUT2D eigenvalue weighted by molar-refractivity contribution is -0.155. The van der Waals surface area contributed by atoms with E-state index in [4.69, 9.17) is 4.74 Å². The van der Waals surface area contributed by atoms with E-state index in [0.29, 0.717) is 6.54 Å². The second-order valence-electron chi connectivity index (χ2n) is 5.82. The molecule has 4 nitrogen and oxygen atoms in total. The molecule has 0 radical (unpaired) electrons. The first-order valence-corrected chi connectivity index (χ1v) is 8.46. The number of piperidine rings is 1. The van der Waals surface area contributed by atoms with Crippen LogP contribution in [-0.4, -0.2) is 47.5 Å². The van der Waals surface area contributed by atoms with Crippen LogP contribution in [0, 0.1) is 11.8 Å². The standard InChI is InChI=1S/C14H21NO3S/c16-13(10-3-4-10)15-6-1-2-11(8-15)14(17)18-12-5-7-19-9-12/h10-12H,1-9H2. The molecule has 0 aromatic carbocycles. The maximum atomic E-state index is 12.1. The number of thioether (sulfide) groups is 1. The van der Waals surface area contributed by atoms with Crippen molar-refractivity contribution in [1.29, 1.82) is 0 Å². The summed E-state index contributed by atoms with van der Waals surface area (Å²) >= 11 is 1.85. The summed E-state index contributed by atoms with van der Waals surface area (Å²) in [5, 5.41) is 0. The lowest BCUT2D eigenvalue weighted by Crippen LogP contribution is -2.44. The van der Waals surface area contributed by atoms with Gasteiger partial charge < -0.3 is 9.64 Å². The number of rotatable bonds is 3. The molecule has 19 heavy (non-hydrogen) atoms. The van der Waals surface area contributed by atoms with Crippen molar-refractivity contribution in [2.45, 2.75) is 38.2 Å². The van der Waals surface area contributed by atoms with E-state index >= 15 is 0 Å². The molecule has 3 rings (SSSR count). The summed E-state index contributed by atoms with van der Waals surface area (Å²) in [7, 11) is 0. The third-order valence-corrected chi connectivity index (χ3v) is 5.30. The van der Waals surface area contributed by atoms with E-state index in [1.807, 2.05) is 16.7 Å². The number of likely N-dealkylation sites (tertiary alicyclic amines) is 1. The quantitative estimate of drug-likeness (QED) is 0.739. The van der Waals surface area contributed by atoms with Crippen LogP contribution < -0.4 is 0 Å². The van der Waals surface area contributed by atoms with Crippen molar-refractivity contribution in [3.63, 3.8) is 0 Å². The van der Waals surface area contributed by atoms with Crippen molar-refractivity contribution >= 4 is 23.6 Å². The summed E-state index contributed by atoms with van der Waals surface area (Å²) in [5.41, 5.74) is 0. The van der Waals surface area contributed by atoms with E-state index in [0.717, 1.165) is 50.2 Å². The highest BCUT2D eigenvalue weighted by molar-refractivity contribution is 7.99. The summed E-state index contributed by atoms with van der Waals surface area (Å²) in [6, 6.07) is 0. The minimum Gasteiger partial charge on any atom is -0.461 e. The van der Waals surface area contributed by atoms with E-state index < -0.39 is 0 Å². The Bertz CT molecular complexity index is 364. The van der Waals surface area contributed by atoms with Crippen molar-refractivity contribution in [1.82, 2.24) is 4.90 Å². The van der Waals surface area contributed by atoms with Gasteiger partial charge in [0.1, 0.15) is 6.10 Å². The van der Waals surface area contributed by atoms with E-state index in [9.17, 15) is 9.59 Å². The Morgan fingerprint density at radius 2 is 1.95 bits per heavy atom. The first kappa shape index (κ1) is 13.3. The first-order chi connectivity index (χ1) is 9.24. The summed E-state index contributed by atoms with van der Waals surface area (Å²) in [4.78, 5) is 26.1. The molecule has 2 unspecified atom stereocenters. The molecule has 106 valence electrons. The van der Waals surface area contributed by atoms with Crippen molar-refractivity contribution in [2.75, 3.05) is 24.6 Å². The number of esters is 1. The molecule has 1 amide bonds. The van der Waals surface area contributed by atoms with E-state index in [2.05, 4.69) is 0 Å². The average Bonchev–Trinajstić information content (AvgIpc) is 3.17. The maximum Gasteiger partial charge on any atom is 0.311 e. The van der Waals surface area contributed by atoms with Gasteiger partial charge in [-0.1, -0.05) is 0 Å². The number of hydrogen-bond donors (Lipinski definition) is 0. The van der Waals surface area contributed by atoms with Gasteiger partial charge in [-0.05, 0) is 37.9 Å². The van der Waals surface area contributed by atoms with Crippen LogP contribution in [0.25, 0.3) is 0 Å². The van der Waals surface area contributed by atoms with Gasteiger partial charge in [0.25, 0.3) is 0 Å². The molecule has 3 aliphatic rings. The number of ether oxygens (including phenoxy) is 1. The van der Waals surface area contributed by atoms with Gasteiger partial charge in [0, 0.05) is 24.8 Å². The predicted octanol–water partition coefficient (Wildman–Crippen LogP) is 1.68. The monoisotopic (exact) mass is 283 g/mol. The molecule has 0 aromatic rings. The predicted molar refractivity (Wildman–Crippen MR) is 73.9 cm³/mol. The van der Waals surface area contributed by atoms with Crippen molar-refractivity contribution in [2.24, 2.45) is 11.8 Å². The molecule has 1 aliphatic carbocycles. The maximum absolute atomic E-state index is 12.1. The van der Waals surface area contributed by atoms with Gasteiger partial charge in [-0.3, -0.25) is 9.59 Å². The number of amides is 1. The lowest BCUT2D eigenvalue weighted by atomic mass is 9.97. The molecule has 2 saturated heterocycles. The third kappa shape index (κ3) is 3.25. The molecule has 2 aliphatic heterocycles. The van der Waals surface area contributed by atoms with Crippen LogP contribution in [0.2, 0.25) is 0 Å². The molecule has 0 spiro atoms. The van der Waals surface area contributed by atoms with Gasteiger partial charge in [-0.2, -0.15) is 11.8 Å². The van der Waals surface area contributed by atoms with Gasteiger partial charge in [-0.25, -0.2) is 0 Å². The highest BCUT2D eigenvalue weighted by Crippen LogP contribution is 2.33. The molecule has 0 N–H and O–H groups in total. The van der Waals surface area contributed by atoms with Crippen LogP contribution in [0.3, 0.4) is 0 Å². The van der Waals surface area contributed by atoms with E-state index in [-0.39, 0.29) is 29.8 Å². The number of nitrogens with zero attached hydrogens (tertiary/aromatic N) is 1. The SMILES string of the molecule is O=C(OC1CCSC1)C1CCCN(C(=O)C2CC2)C1. The number of carbonyl (C=O) groups is 2. The van der Waals surface area contributed by atoms with E-state index in [1.165, 1.54) is 0 Å². The molecular weight excluding hydrogens is 262 g/mol. The van der Waals surface area contributed by atoms with Crippen molar-refractivity contribution in [3.05, 3.63) is 0 Å². The molecule has 2 atom stereocenters. The molecule has 5 heteroatoms. The fraction of sp³-hybridized carbons (Fsp3) is 0.857. The zero-order valence-corrected chi connectivity index (χ0v) is 12.0. The number of carbonyl (C=O) groups excluding carboxylic acids is 2. The van der Waals surface area contributed by atoms with Gasteiger partial charge in [-0.15, -0.1) is 0 Å². The minimum absolute atomic E-state index is 0.0826. The normalized spacial score (nSPS) is 31.3. The minimum atomic E-state index is -0.0953. The summed E-state index contributed by atoms with van der Waals surface area (Å²) in [6.07, 6.45) is 4.94. The second-order valence-corrected chi connectivity index (χ2v) is 6.97. The zero-order valence-electron chi connectivity index (χ0n) is 11.2. The fourth-order valence-corrected chi connectivity index (χ4v) is 3.92. The Morgan fingerprint density at radius 3 is 2.63 bits per heavy atom. The fourth-order valence-electron chi connectivity index (χ4n) is 2.82. The zero-order chi connectivity index (χ0) is 13.2. The van der Waals surface area contributed by atoms with E-state index in [1.54, 1.807) is 0 Å². The third-order valence-electron chi connectivity index (χ3n) is 4.16. The van der Waals surface area contributed by atoms with Crippen molar-refractivity contribution in [3.8, 4) is 0 Å². The topological polar surface area (TPSA) is 46.6 Å². The first-order valence-electron chi connectivity index (χ1n) is 7.31. The highest BCUT2D eigenvalue weighted by atomic mass is 32.2. The Morgan fingerprint density at radius 1 is 1.11 bits per heavy atom. The molecular formula is C14H21NO3S. The van der Waals surface area contributed by atoms with Gasteiger partial charge in [0.15, 0.2) is 0 Å². The van der Waals surface area contributed by atoms with Gasteiger partial charge >= 0.3 is 5.97 Å². The Labute approximate surface area is 118 Å². The van der Waals surface area contributed by atoms with Crippen molar-refractivity contribution < 1.29 is 14.3 Å². The Hall–Kier alpha value is -0.710. The summed E-state index contributed by atoms with van der Waals surface area (Å²) in [5.74, 6) is 2.36.